The molecule has 3 N–H and O–H groups in total. The summed E-state index contributed by atoms with van der Waals surface area (Å²) in [6.45, 7) is 0.476. The molecule has 0 saturated carbocycles. The smallest absolute Gasteiger partial charge is 0.304 e. The molecular formula is C22H22N2O3. The molecule has 1 aromatic heterocycles. The summed E-state index contributed by atoms with van der Waals surface area (Å²) in [6.07, 6.45) is 1.48. The van der Waals surface area contributed by atoms with E-state index in [4.69, 9.17) is 0 Å². The van der Waals surface area contributed by atoms with Crippen molar-refractivity contribution in [3.05, 3.63) is 71.4 Å². The molecule has 5 heteroatoms. The maximum absolute atomic E-state index is 12.9. The number of fused-ring (bicyclic) bond motifs is 2. The molecule has 1 aliphatic carbocycles. The van der Waals surface area contributed by atoms with Gasteiger partial charge in [-0.25, -0.2) is 0 Å². The van der Waals surface area contributed by atoms with E-state index in [2.05, 4.69) is 16.4 Å². The average molecular weight is 362 g/mol. The Morgan fingerprint density at radius 1 is 1.04 bits per heavy atom. The number of para-hydroxylation sites is 1. The van der Waals surface area contributed by atoms with Crippen molar-refractivity contribution in [3.8, 4) is 0 Å². The SMILES string of the molecule is O=C(O)CC1(C(=O)NCCc2cc3ccccc3[nH]2)Cc2ccccc2C1. The van der Waals surface area contributed by atoms with Gasteiger partial charge in [0.25, 0.3) is 0 Å². The van der Waals surface area contributed by atoms with Gasteiger partial charge in [-0.05, 0) is 41.5 Å². The third-order valence-corrected chi connectivity index (χ3v) is 5.41. The van der Waals surface area contributed by atoms with Crippen molar-refractivity contribution < 1.29 is 14.7 Å². The number of amides is 1. The predicted octanol–water partition coefficient (Wildman–Crippen LogP) is 3.09. The fraction of sp³-hybridized carbons (Fsp3) is 0.273. The molecule has 5 nitrogen and oxygen atoms in total. The topological polar surface area (TPSA) is 82.2 Å². The van der Waals surface area contributed by atoms with Crippen LogP contribution in [0.5, 0.6) is 0 Å². The van der Waals surface area contributed by atoms with Gasteiger partial charge in [0.05, 0.1) is 11.8 Å². The van der Waals surface area contributed by atoms with Crippen molar-refractivity contribution in [2.45, 2.75) is 25.7 Å². The Bertz CT molecular complexity index is 947. The van der Waals surface area contributed by atoms with E-state index >= 15 is 0 Å². The number of nitrogens with one attached hydrogen (secondary N) is 2. The third-order valence-electron chi connectivity index (χ3n) is 5.41. The minimum Gasteiger partial charge on any atom is -0.481 e. The van der Waals surface area contributed by atoms with Crippen LogP contribution in [0.2, 0.25) is 0 Å². The van der Waals surface area contributed by atoms with Gasteiger partial charge >= 0.3 is 5.97 Å². The highest BCUT2D eigenvalue weighted by Gasteiger charge is 2.45. The average Bonchev–Trinajstić information content (AvgIpc) is 3.21. The van der Waals surface area contributed by atoms with Crippen molar-refractivity contribution in [1.82, 2.24) is 10.3 Å². The van der Waals surface area contributed by atoms with Gasteiger partial charge in [0, 0.05) is 24.2 Å². The first-order valence-electron chi connectivity index (χ1n) is 9.19. The monoisotopic (exact) mass is 362 g/mol. The van der Waals surface area contributed by atoms with Crippen molar-refractivity contribution in [1.29, 1.82) is 0 Å². The molecule has 1 aliphatic rings. The number of hydrogen-bond donors (Lipinski definition) is 3. The number of carboxylic acid groups (broad SMARTS) is 1. The second kappa shape index (κ2) is 6.91. The molecule has 0 bridgehead atoms. The first-order valence-corrected chi connectivity index (χ1v) is 9.19. The number of aromatic amines is 1. The van der Waals surface area contributed by atoms with Gasteiger partial charge in [0.15, 0.2) is 0 Å². The molecule has 0 saturated heterocycles. The Morgan fingerprint density at radius 2 is 1.70 bits per heavy atom. The number of carbonyl (C=O) groups is 2. The van der Waals surface area contributed by atoms with Crippen LogP contribution in [-0.4, -0.2) is 28.5 Å². The molecule has 0 atom stereocenters. The van der Waals surface area contributed by atoms with E-state index in [-0.39, 0.29) is 12.3 Å². The van der Waals surface area contributed by atoms with Gasteiger partial charge in [0.2, 0.25) is 5.91 Å². The second-order valence-electron chi connectivity index (χ2n) is 7.36. The van der Waals surface area contributed by atoms with E-state index in [1.54, 1.807) is 0 Å². The minimum atomic E-state index is -0.937. The van der Waals surface area contributed by atoms with Gasteiger partial charge in [-0.3, -0.25) is 9.59 Å². The Balaban J connectivity index is 1.44. The number of carbonyl (C=O) groups excluding carboxylic acids is 1. The molecule has 1 amide bonds. The molecule has 0 aliphatic heterocycles. The lowest BCUT2D eigenvalue weighted by atomic mass is 9.80. The summed E-state index contributed by atoms with van der Waals surface area (Å²) >= 11 is 0. The fourth-order valence-corrected chi connectivity index (χ4v) is 4.12. The van der Waals surface area contributed by atoms with Crippen molar-refractivity contribution in [3.63, 3.8) is 0 Å². The molecular weight excluding hydrogens is 340 g/mol. The summed E-state index contributed by atoms with van der Waals surface area (Å²) in [5, 5.41) is 13.5. The number of hydrogen-bond acceptors (Lipinski definition) is 2. The van der Waals surface area contributed by atoms with E-state index in [1.807, 2.05) is 48.5 Å². The Kier molecular flexibility index (Phi) is 4.44. The molecule has 0 radical (unpaired) electrons. The zero-order valence-electron chi connectivity index (χ0n) is 15.0. The Morgan fingerprint density at radius 3 is 2.37 bits per heavy atom. The highest BCUT2D eigenvalue weighted by atomic mass is 16.4. The van der Waals surface area contributed by atoms with E-state index in [1.165, 1.54) is 0 Å². The van der Waals surface area contributed by atoms with Crippen molar-refractivity contribution in [2.24, 2.45) is 5.41 Å². The molecule has 0 fully saturated rings. The molecule has 27 heavy (non-hydrogen) atoms. The molecule has 0 unspecified atom stereocenters. The summed E-state index contributed by atoms with van der Waals surface area (Å²) in [7, 11) is 0. The first kappa shape index (κ1) is 17.3. The number of aromatic nitrogens is 1. The summed E-state index contributed by atoms with van der Waals surface area (Å²) in [5.41, 5.74) is 3.38. The fourth-order valence-electron chi connectivity index (χ4n) is 4.12. The number of benzene rings is 2. The van der Waals surface area contributed by atoms with Gasteiger partial charge < -0.3 is 15.4 Å². The summed E-state index contributed by atoms with van der Waals surface area (Å²) in [6, 6.07) is 18.0. The molecule has 0 spiro atoms. The standard InChI is InChI=1S/C22H22N2O3/c25-20(26)14-22(12-16-6-1-2-7-17(16)13-22)21(27)23-10-9-18-11-15-5-3-4-8-19(15)24-18/h1-8,11,24H,9-10,12-14H2,(H,23,27)(H,25,26). The van der Waals surface area contributed by atoms with Crippen molar-refractivity contribution >= 4 is 22.8 Å². The molecule has 2 aromatic carbocycles. The molecule has 1 heterocycles. The quantitative estimate of drug-likeness (QED) is 0.630. The third kappa shape index (κ3) is 3.45. The van der Waals surface area contributed by atoms with Crippen LogP contribution in [0.15, 0.2) is 54.6 Å². The van der Waals surface area contributed by atoms with E-state index in [9.17, 15) is 14.7 Å². The maximum atomic E-state index is 12.9. The first-order chi connectivity index (χ1) is 13.1. The molecule has 138 valence electrons. The highest BCUT2D eigenvalue weighted by Crippen LogP contribution is 2.40. The van der Waals surface area contributed by atoms with Gasteiger partial charge in [-0.2, -0.15) is 0 Å². The van der Waals surface area contributed by atoms with Gasteiger partial charge in [-0.15, -0.1) is 0 Å². The minimum absolute atomic E-state index is 0.153. The van der Waals surface area contributed by atoms with Crippen LogP contribution in [0.3, 0.4) is 0 Å². The number of H-pyrrole nitrogens is 1. The van der Waals surface area contributed by atoms with Gasteiger partial charge in [-0.1, -0.05) is 42.5 Å². The summed E-state index contributed by atoms with van der Waals surface area (Å²) in [4.78, 5) is 27.7. The lowest BCUT2D eigenvalue weighted by Crippen LogP contribution is -2.44. The van der Waals surface area contributed by atoms with Gasteiger partial charge in [0.1, 0.15) is 0 Å². The second-order valence-corrected chi connectivity index (χ2v) is 7.36. The predicted molar refractivity (Wildman–Crippen MR) is 104 cm³/mol. The van der Waals surface area contributed by atoms with Crippen LogP contribution in [0.4, 0.5) is 0 Å². The van der Waals surface area contributed by atoms with E-state index in [0.717, 1.165) is 27.7 Å². The van der Waals surface area contributed by atoms with Crippen LogP contribution in [0.1, 0.15) is 23.2 Å². The lowest BCUT2D eigenvalue weighted by molar-refractivity contribution is -0.145. The summed E-state index contributed by atoms with van der Waals surface area (Å²) in [5.74, 6) is -1.11. The maximum Gasteiger partial charge on any atom is 0.304 e. The normalized spacial score (nSPS) is 14.8. The number of rotatable bonds is 6. The number of carboxylic acids is 1. The largest absolute Gasteiger partial charge is 0.481 e. The molecule has 3 aromatic rings. The van der Waals surface area contributed by atoms with E-state index < -0.39 is 11.4 Å². The Hall–Kier alpha value is -3.08. The lowest BCUT2D eigenvalue weighted by Gasteiger charge is -2.26. The zero-order chi connectivity index (χ0) is 18.9. The number of aliphatic carboxylic acids is 1. The van der Waals surface area contributed by atoms with Crippen LogP contribution in [0, 0.1) is 5.41 Å². The summed E-state index contributed by atoms with van der Waals surface area (Å²) < 4.78 is 0. The highest BCUT2D eigenvalue weighted by molar-refractivity contribution is 5.88. The van der Waals surface area contributed by atoms with E-state index in [0.29, 0.717) is 25.8 Å². The van der Waals surface area contributed by atoms with Crippen LogP contribution in [0.25, 0.3) is 10.9 Å². The van der Waals surface area contributed by atoms with Crippen LogP contribution >= 0.6 is 0 Å². The zero-order valence-corrected chi connectivity index (χ0v) is 15.0. The molecule has 4 rings (SSSR count). The van der Waals surface area contributed by atoms with Crippen LogP contribution < -0.4 is 5.32 Å². The Labute approximate surface area is 157 Å². The van der Waals surface area contributed by atoms with Crippen molar-refractivity contribution in [2.75, 3.05) is 6.54 Å². The van der Waals surface area contributed by atoms with Crippen LogP contribution in [-0.2, 0) is 28.9 Å².